The van der Waals surface area contributed by atoms with Gasteiger partial charge < -0.3 is 15.2 Å². The van der Waals surface area contributed by atoms with Crippen LogP contribution in [0.1, 0.15) is 36.0 Å². The van der Waals surface area contributed by atoms with E-state index in [4.69, 9.17) is 4.74 Å². The summed E-state index contributed by atoms with van der Waals surface area (Å²) >= 11 is 0. The van der Waals surface area contributed by atoms with E-state index in [0.717, 1.165) is 12.0 Å². The number of hydrogen-bond acceptors (Lipinski definition) is 3. The normalized spacial score (nSPS) is 24.7. The highest BCUT2D eigenvalue weighted by atomic mass is 19.1. The molecule has 4 nitrogen and oxygen atoms in total. The predicted molar refractivity (Wildman–Crippen MR) is 87.4 cm³/mol. The zero-order valence-corrected chi connectivity index (χ0v) is 13.0. The van der Waals surface area contributed by atoms with Crippen molar-refractivity contribution in [2.45, 2.75) is 24.9 Å². The Morgan fingerprint density at radius 3 is 2.79 bits per heavy atom. The molecule has 1 heterocycles. The van der Waals surface area contributed by atoms with Gasteiger partial charge in [-0.1, -0.05) is 24.3 Å². The zero-order valence-electron chi connectivity index (χ0n) is 13.0. The molecule has 24 heavy (non-hydrogen) atoms. The summed E-state index contributed by atoms with van der Waals surface area (Å²) in [5.74, 6) is 0.244. The number of para-hydroxylation sites is 1. The van der Waals surface area contributed by atoms with Crippen molar-refractivity contribution in [1.29, 1.82) is 0 Å². The number of fused-ring (bicyclic) bond motifs is 1. The third-order valence-electron chi connectivity index (χ3n) is 4.73. The fourth-order valence-electron chi connectivity index (χ4n) is 3.29. The Morgan fingerprint density at radius 2 is 2.00 bits per heavy atom. The number of nitrogens with one attached hydrogen (secondary N) is 1. The number of benzene rings is 2. The lowest BCUT2D eigenvalue weighted by Gasteiger charge is -2.24. The summed E-state index contributed by atoms with van der Waals surface area (Å²) in [6.07, 6.45) is 0.758. The van der Waals surface area contributed by atoms with Crippen molar-refractivity contribution < 1.29 is 19.0 Å². The van der Waals surface area contributed by atoms with Crippen LogP contribution in [0.4, 0.5) is 10.1 Å². The maximum atomic E-state index is 13.0. The fraction of sp³-hybridized carbons (Fsp3) is 0.316. The molecule has 0 spiro atoms. The van der Waals surface area contributed by atoms with Crippen molar-refractivity contribution >= 4 is 11.6 Å². The lowest BCUT2D eigenvalue weighted by molar-refractivity contribution is -0.117. The Labute approximate surface area is 139 Å². The minimum atomic E-state index is -0.557. The van der Waals surface area contributed by atoms with E-state index in [0.29, 0.717) is 30.0 Å². The summed E-state index contributed by atoms with van der Waals surface area (Å²) < 4.78 is 18.6. The number of aliphatic hydroxyl groups is 1. The third-order valence-corrected chi connectivity index (χ3v) is 4.73. The van der Waals surface area contributed by atoms with Gasteiger partial charge in [0.2, 0.25) is 5.91 Å². The van der Waals surface area contributed by atoms with Crippen molar-refractivity contribution in [3.05, 3.63) is 59.4 Å². The lowest BCUT2D eigenvalue weighted by atomic mass is 10.0. The van der Waals surface area contributed by atoms with Crippen LogP contribution in [0.15, 0.2) is 42.5 Å². The summed E-state index contributed by atoms with van der Waals surface area (Å²) in [5, 5.41) is 12.9. The van der Waals surface area contributed by atoms with Crippen LogP contribution in [0, 0.1) is 11.7 Å². The first-order valence-electron chi connectivity index (χ1n) is 8.13. The molecule has 1 aliphatic carbocycles. The first-order valence-corrected chi connectivity index (χ1v) is 8.13. The van der Waals surface area contributed by atoms with Crippen LogP contribution in [-0.2, 0) is 4.79 Å². The fourth-order valence-corrected chi connectivity index (χ4v) is 3.29. The molecule has 2 aromatic rings. The van der Waals surface area contributed by atoms with E-state index in [1.165, 1.54) is 12.1 Å². The van der Waals surface area contributed by atoms with Crippen molar-refractivity contribution in [3.63, 3.8) is 0 Å². The molecule has 2 N–H and O–H groups in total. The summed E-state index contributed by atoms with van der Waals surface area (Å²) in [6, 6.07) is 11.7. The van der Waals surface area contributed by atoms with E-state index >= 15 is 0 Å². The number of hydrogen-bond donors (Lipinski definition) is 2. The van der Waals surface area contributed by atoms with Gasteiger partial charge in [0.15, 0.2) is 0 Å². The molecule has 3 atom stereocenters. The molecule has 0 radical (unpaired) electrons. The van der Waals surface area contributed by atoms with Gasteiger partial charge in [-0.15, -0.1) is 0 Å². The highest BCUT2D eigenvalue weighted by Gasteiger charge is 2.44. The minimum Gasteiger partial charge on any atom is -0.491 e. The summed E-state index contributed by atoms with van der Waals surface area (Å²) in [7, 11) is 0. The summed E-state index contributed by atoms with van der Waals surface area (Å²) in [6.45, 7) is 0.433. The summed E-state index contributed by atoms with van der Waals surface area (Å²) in [5.41, 5.74) is 2.30. The molecule has 4 rings (SSSR count). The molecule has 2 aromatic carbocycles. The maximum absolute atomic E-state index is 13.0. The van der Waals surface area contributed by atoms with Crippen LogP contribution in [0.5, 0.6) is 5.75 Å². The molecule has 1 aliphatic heterocycles. The van der Waals surface area contributed by atoms with Crippen LogP contribution in [0.25, 0.3) is 0 Å². The molecular weight excluding hydrogens is 309 g/mol. The van der Waals surface area contributed by atoms with Gasteiger partial charge in [-0.25, -0.2) is 4.39 Å². The Morgan fingerprint density at radius 1 is 1.21 bits per heavy atom. The Hall–Kier alpha value is -2.40. The SMILES string of the molecule is O=C(Nc1cccc2c1OCC[C@H]2O)[C@@H]1C[C@H]1c1ccc(F)cc1. The van der Waals surface area contributed by atoms with Crippen molar-refractivity contribution in [2.24, 2.45) is 5.92 Å². The van der Waals surface area contributed by atoms with Crippen molar-refractivity contribution in [1.82, 2.24) is 0 Å². The van der Waals surface area contributed by atoms with E-state index in [1.54, 1.807) is 24.3 Å². The van der Waals surface area contributed by atoms with Crippen LogP contribution in [-0.4, -0.2) is 17.6 Å². The summed E-state index contributed by atoms with van der Waals surface area (Å²) in [4.78, 5) is 12.5. The average Bonchev–Trinajstić information content (AvgIpc) is 3.37. The molecular formula is C19H18FNO3. The van der Waals surface area contributed by atoms with Gasteiger partial charge in [-0.05, 0) is 36.1 Å². The van der Waals surface area contributed by atoms with Crippen LogP contribution in [0.2, 0.25) is 0 Å². The van der Waals surface area contributed by atoms with Crippen molar-refractivity contribution in [3.8, 4) is 5.75 Å². The topological polar surface area (TPSA) is 58.6 Å². The largest absolute Gasteiger partial charge is 0.491 e. The predicted octanol–water partition coefficient (Wildman–Crippen LogP) is 3.38. The minimum absolute atomic E-state index is 0.0682. The van der Waals surface area contributed by atoms with Gasteiger partial charge in [0.1, 0.15) is 11.6 Å². The average molecular weight is 327 g/mol. The van der Waals surface area contributed by atoms with Crippen LogP contribution < -0.4 is 10.1 Å². The van der Waals surface area contributed by atoms with Gasteiger partial charge in [0, 0.05) is 17.9 Å². The smallest absolute Gasteiger partial charge is 0.228 e. The van der Waals surface area contributed by atoms with Gasteiger partial charge in [0.05, 0.1) is 18.4 Å². The number of amides is 1. The number of aliphatic hydroxyl groups excluding tert-OH is 1. The van der Waals surface area contributed by atoms with Gasteiger partial charge >= 0.3 is 0 Å². The monoisotopic (exact) mass is 327 g/mol. The number of anilines is 1. The molecule has 1 fully saturated rings. The molecule has 0 aromatic heterocycles. The van der Waals surface area contributed by atoms with Gasteiger partial charge in [-0.3, -0.25) is 4.79 Å². The van der Waals surface area contributed by atoms with E-state index < -0.39 is 6.10 Å². The van der Waals surface area contributed by atoms with Crippen LogP contribution >= 0.6 is 0 Å². The second-order valence-corrected chi connectivity index (χ2v) is 6.37. The Bertz CT molecular complexity index is 775. The maximum Gasteiger partial charge on any atom is 0.228 e. The molecule has 0 unspecified atom stereocenters. The molecule has 2 aliphatic rings. The van der Waals surface area contributed by atoms with E-state index in [2.05, 4.69) is 5.32 Å². The molecule has 0 saturated heterocycles. The quantitative estimate of drug-likeness (QED) is 0.908. The highest BCUT2D eigenvalue weighted by molar-refractivity contribution is 5.96. The number of ether oxygens (including phenoxy) is 1. The molecule has 1 saturated carbocycles. The standard InChI is InChI=1S/C19H18FNO3/c20-12-6-4-11(5-7-12)14-10-15(14)19(23)21-16-3-1-2-13-17(22)8-9-24-18(13)16/h1-7,14-15,17,22H,8-10H2,(H,21,23)/t14-,15+,17+/m0/s1. The molecule has 0 bridgehead atoms. The van der Waals surface area contributed by atoms with E-state index in [1.807, 2.05) is 6.07 Å². The Kier molecular flexibility index (Phi) is 3.73. The molecule has 1 amide bonds. The highest BCUT2D eigenvalue weighted by Crippen LogP contribution is 2.48. The first kappa shape index (κ1) is 15.1. The number of carbonyl (C=O) groups excluding carboxylic acids is 1. The van der Waals surface area contributed by atoms with E-state index in [-0.39, 0.29) is 23.6 Å². The number of halogens is 1. The molecule has 124 valence electrons. The van der Waals surface area contributed by atoms with E-state index in [9.17, 15) is 14.3 Å². The first-order chi connectivity index (χ1) is 11.6. The van der Waals surface area contributed by atoms with Crippen LogP contribution in [0.3, 0.4) is 0 Å². The number of carbonyl (C=O) groups is 1. The second-order valence-electron chi connectivity index (χ2n) is 6.37. The Balaban J connectivity index is 1.48. The third kappa shape index (κ3) is 2.76. The van der Waals surface area contributed by atoms with Gasteiger partial charge in [0.25, 0.3) is 0 Å². The number of rotatable bonds is 3. The van der Waals surface area contributed by atoms with Gasteiger partial charge in [-0.2, -0.15) is 0 Å². The zero-order chi connectivity index (χ0) is 16.7. The lowest BCUT2D eigenvalue weighted by Crippen LogP contribution is -2.19. The molecule has 5 heteroatoms. The second kappa shape index (κ2) is 5.91. The van der Waals surface area contributed by atoms with Crippen molar-refractivity contribution in [2.75, 3.05) is 11.9 Å².